The molecule has 0 unspecified atom stereocenters. The first kappa shape index (κ1) is 34.2. The van der Waals surface area contributed by atoms with Crippen LogP contribution in [-0.4, -0.2) is 74.7 Å². The number of halogens is 1. The Morgan fingerprint density at radius 2 is 1.47 bits per heavy atom. The summed E-state index contributed by atoms with van der Waals surface area (Å²) >= 11 is 6.62. The Labute approximate surface area is 267 Å². The molecule has 11 nitrogen and oxygen atoms in total. The molecule has 2 fully saturated rings. The Balaban J connectivity index is 1.61. The minimum absolute atomic E-state index is 0.0711. The van der Waals surface area contributed by atoms with Gasteiger partial charge in [0, 0.05) is 32.7 Å². The summed E-state index contributed by atoms with van der Waals surface area (Å²) < 4.78 is 39.6. The Morgan fingerprint density at radius 3 is 2.02 bits per heavy atom. The molecule has 244 valence electrons. The Bertz CT molecular complexity index is 1370. The zero-order valence-electron chi connectivity index (χ0n) is 26.0. The summed E-state index contributed by atoms with van der Waals surface area (Å²) in [6.07, 6.45) is -4.31. The second-order valence-corrected chi connectivity index (χ2v) is 11.8. The van der Waals surface area contributed by atoms with Crippen molar-refractivity contribution in [1.82, 2.24) is 0 Å². The van der Waals surface area contributed by atoms with Crippen LogP contribution in [0.2, 0.25) is 5.02 Å². The number of hydrogen-bond acceptors (Lipinski definition) is 11. The van der Waals surface area contributed by atoms with E-state index >= 15 is 0 Å². The molecule has 0 N–H and O–H groups in total. The van der Waals surface area contributed by atoms with Crippen LogP contribution in [0.1, 0.15) is 63.8 Å². The van der Waals surface area contributed by atoms with Gasteiger partial charge in [-0.05, 0) is 47.7 Å². The molecule has 5 atom stereocenters. The molecule has 2 aromatic rings. The summed E-state index contributed by atoms with van der Waals surface area (Å²) in [6, 6.07) is 13.0. The third-order valence-electron chi connectivity index (χ3n) is 7.82. The Kier molecular flexibility index (Phi) is 11.5. The normalized spacial score (nSPS) is 23.6. The van der Waals surface area contributed by atoms with Crippen molar-refractivity contribution in [2.75, 3.05) is 26.4 Å². The third kappa shape index (κ3) is 8.96. The summed E-state index contributed by atoms with van der Waals surface area (Å²) in [7, 11) is 0. The molecule has 0 spiro atoms. The highest BCUT2D eigenvalue weighted by atomic mass is 35.5. The molecule has 2 aliphatic heterocycles. The third-order valence-corrected chi connectivity index (χ3v) is 8.19. The van der Waals surface area contributed by atoms with Gasteiger partial charge in [0.1, 0.15) is 24.6 Å². The molecule has 0 aliphatic carbocycles. The minimum atomic E-state index is -1.26. The first-order chi connectivity index (χ1) is 21.4. The zero-order valence-corrected chi connectivity index (χ0v) is 26.8. The number of ether oxygens (including phenoxy) is 7. The smallest absolute Gasteiger partial charge is 0.303 e. The molecule has 12 heteroatoms. The van der Waals surface area contributed by atoms with Gasteiger partial charge in [-0.25, -0.2) is 0 Å². The van der Waals surface area contributed by atoms with Gasteiger partial charge in [-0.15, -0.1) is 0 Å². The molecular formula is C33H39ClO11. The minimum Gasteiger partial charge on any atom is -0.493 e. The monoisotopic (exact) mass is 646 g/mol. The summed E-state index contributed by atoms with van der Waals surface area (Å²) in [5.41, 5.74) is 2.36. The van der Waals surface area contributed by atoms with E-state index in [1.165, 1.54) is 27.7 Å². The molecular weight excluding hydrogens is 608 g/mol. The first-order valence-corrected chi connectivity index (χ1v) is 15.2. The van der Waals surface area contributed by atoms with Crippen LogP contribution < -0.4 is 4.74 Å². The van der Waals surface area contributed by atoms with E-state index in [9.17, 15) is 19.2 Å². The summed E-state index contributed by atoms with van der Waals surface area (Å²) in [5, 5.41) is 0.500. The fraction of sp³-hybridized carbons (Fsp3) is 0.515. The van der Waals surface area contributed by atoms with Gasteiger partial charge in [-0.2, -0.15) is 0 Å². The molecule has 2 saturated heterocycles. The predicted molar refractivity (Wildman–Crippen MR) is 161 cm³/mol. The van der Waals surface area contributed by atoms with E-state index in [1.807, 2.05) is 30.3 Å². The lowest BCUT2D eigenvalue weighted by molar-refractivity contribution is -0.254. The Morgan fingerprint density at radius 1 is 0.844 bits per heavy atom. The maximum atomic E-state index is 12.2. The fourth-order valence-electron chi connectivity index (χ4n) is 5.34. The van der Waals surface area contributed by atoms with Gasteiger partial charge in [0.05, 0.1) is 25.2 Å². The van der Waals surface area contributed by atoms with E-state index in [0.29, 0.717) is 36.8 Å². The van der Waals surface area contributed by atoms with Crippen LogP contribution in [0.15, 0.2) is 42.5 Å². The van der Waals surface area contributed by atoms with E-state index in [4.69, 9.17) is 44.8 Å². The highest BCUT2D eigenvalue weighted by molar-refractivity contribution is 6.31. The standard InChI is InChI=1S/C33H39ClO11/c1-6-33(16-39-17-33)18-41-26-10-7-23(8-11-26)13-25-14-24(9-12-27(25)34)29-31(43-21(4)37)32(44-22(5)38)30(42-20(3)36)28(45-29)15-40-19(2)35/h7-12,14,28-32H,6,13,15-18H2,1-5H3/t28-,29+,30-,31+,32+/m1/s1. The molecule has 0 radical (unpaired) electrons. The second kappa shape index (κ2) is 15.1. The van der Waals surface area contributed by atoms with Crippen molar-refractivity contribution in [3.05, 3.63) is 64.2 Å². The van der Waals surface area contributed by atoms with Crippen molar-refractivity contribution < 1.29 is 52.3 Å². The lowest BCUT2D eigenvalue weighted by Gasteiger charge is -2.44. The van der Waals surface area contributed by atoms with E-state index < -0.39 is 54.4 Å². The van der Waals surface area contributed by atoms with Crippen LogP contribution >= 0.6 is 11.6 Å². The molecule has 2 heterocycles. The van der Waals surface area contributed by atoms with Crippen molar-refractivity contribution in [2.45, 2.75) is 78.0 Å². The fourth-order valence-corrected chi connectivity index (χ4v) is 5.53. The molecule has 45 heavy (non-hydrogen) atoms. The van der Waals surface area contributed by atoms with Crippen LogP contribution in [-0.2, 0) is 54.0 Å². The number of carbonyl (C=O) groups is 4. The largest absolute Gasteiger partial charge is 0.493 e. The van der Waals surface area contributed by atoms with Crippen molar-refractivity contribution >= 4 is 35.5 Å². The number of benzene rings is 2. The number of rotatable bonds is 12. The van der Waals surface area contributed by atoms with E-state index in [-0.39, 0.29) is 12.0 Å². The topological polar surface area (TPSA) is 133 Å². The van der Waals surface area contributed by atoms with E-state index in [0.717, 1.165) is 23.3 Å². The molecule has 2 aliphatic rings. The van der Waals surface area contributed by atoms with Gasteiger partial charge in [0.2, 0.25) is 0 Å². The van der Waals surface area contributed by atoms with Gasteiger partial charge < -0.3 is 33.2 Å². The van der Waals surface area contributed by atoms with E-state index in [1.54, 1.807) is 12.1 Å². The summed E-state index contributed by atoms with van der Waals surface area (Å²) in [5.74, 6) is -1.89. The van der Waals surface area contributed by atoms with Gasteiger partial charge in [-0.1, -0.05) is 42.8 Å². The maximum absolute atomic E-state index is 12.2. The SMILES string of the molecule is CCC1(COc2ccc(Cc3cc([C@@H]4O[C@H](COC(C)=O)[C@@H](OC(C)=O)[C@H](OC(C)=O)[C@H]4OC(C)=O)ccc3Cl)cc2)COC1. The van der Waals surface area contributed by atoms with Crippen LogP contribution in [0.25, 0.3) is 0 Å². The predicted octanol–water partition coefficient (Wildman–Crippen LogP) is 4.53. The van der Waals surface area contributed by atoms with E-state index in [2.05, 4.69) is 6.92 Å². The summed E-state index contributed by atoms with van der Waals surface area (Å²) in [6.45, 7) is 8.61. The van der Waals surface area contributed by atoms with Gasteiger partial charge >= 0.3 is 23.9 Å². The van der Waals surface area contributed by atoms with Crippen LogP contribution in [0.3, 0.4) is 0 Å². The van der Waals surface area contributed by atoms with Crippen molar-refractivity contribution in [3.8, 4) is 5.75 Å². The molecule has 0 aromatic heterocycles. The highest BCUT2D eigenvalue weighted by Gasteiger charge is 2.52. The average molecular weight is 647 g/mol. The van der Waals surface area contributed by atoms with Crippen molar-refractivity contribution in [1.29, 1.82) is 0 Å². The van der Waals surface area contributed by atoms with Gasteiger partial charge in [0.25, 0.3) is 0 Å². The summed E-state index contributed by atoms with van der Waals surface area (Å²) in [4.78, 5) is 48.1. The number of esters is 4. The Hall–Kier alpha value is -3.67. The lowest BCUT2D eigenvalue weighted by atomic mass is 9.84. The van der Waals surface area contributed by atoms with Gasteiger partial charge in [0.15, 0.2) is 18.3 Å². The quantitative estimate of drug-likeness (QED) is 0.238. The molecule has 0 saturated carbocycles. The molecule has 4 rings (SSSR count). The number of hydrogen-bond donors (Lipinski definition) is 0. The highest BCUT2D eigenvalue weighted by Crippen LogP contribution is 2.39. The van der Waals surface area contributed by atoms with Gasteiger partial charge in [-0.3, -0.25) is 19.2 Å². The zero-order chi connectivity index (χ0) is 32.7. The maximum Gasteiger partial charge on any atom is 0.303 e. The molecule has 2 aromatic carbocycles. The second-order valence-electron chi connectivity index (χ2n) is 11.4. The van der Waals surface area contributed by atoms with Crippen LogP contribution in [0, 0.1) is 5.41 Å². The lowest BCUT2D eigenvalue weighted by Crippen LogP contribution is -2.59. The van der Waals surface area contributed by atoms with Crippen molar-refractivity contribution in [3.63, 3.8) is 0 Å². The van der Waals surface area contributed by atoms with Crippen LogP contribution in [0.5, 0.6) is 5.75 Å². The van der Waals surface area contributed by atoms with Crippen molar-refractivity contribution in [2.24, 2.45) is 5.41 Å². The molecule has 0 bridgehead atoms. The average Bonchev–Trinajstić information content (AvgIpc) is 2.95. The first-order valence-electron chi connectivity index (χ1n) is 14.8. The molecule has 0 amide bonds. The number of carbonyl (C=O) groups excluding carboxylic acids is 4. The van der Waals surface area contributed by atoms with Crippen LogP contribution in [0.4, 0.5) is 0 Å².